The molecule has 2 N–H and O–H groups in total. The Balaban J connectivity index is 1.29. The van der Waals surface area contributed by atoms with Crippen molar-refractivity contribution in [2.45, 2.75) is 43.2 Å². The smallest absolute Gasteiger partial charge is 0.319 e. The number of hydrogen-bond donors (Lipinski definition) is 2. The fourth-order valence-electron chi connectivity index (χ4n) is 5.89. The number of carbonyl (C=O) groups is 1. The maximum absolute atomic E-state index is 12.8. The number of likely N-dealkylation sites (N-methyl/N-ethyl adjacent to an activating group) is 1. The van der Waals surface area contributed by atoms with Gasteiger partial charge in [0, 0.05) is 22.9 Å². The third-order valence-corrected chi connectivity index (χ3v) is 7.67. The van der Waals surface area contributed by atoms with Crippen LogP contribution in [0.1, 0.15) is 31.2 Å². The maximum atomic E-state index is 12.8. The van der Waals surface area contributed by atoms with E-state index in [0.29, 0.717) is 11.7 Å². The van der Waals surface area contributed by atoms with E-state index in [-0.39, 0.29) is 17.5 Å². The summed E-state index contributed by atoms with van der Waals surface area (Å²) in [5.74, 6) is 1.52. The average molecular weight is 461 g/mol. The highest BCUT2D eigenvalue weighted by Gasteiger charge is 2.50. The highest BCUT2D eigenvalue weighted by Crippen LogP contribution is 2.49. The monoisotopic (exact) mass is 460 g/mol. The lowest BCUT2D eigenvalue weighted by Crippen LogP contribution is -2.52. The van der Waals surface area contributed by atoms with Gasteiger partial charge in [-0.2, -0.15) is 0 Å². The van der Waals surface area contributed by atoms with Crippen molar-refractivity contribution in [2.75, 3.05) is 33.1 Å². The van der Waals surface area contributed by atoms with E-state index in [0.717, 1.165) is 54.6 Å². The zero-order chi connectivity index (χ0) is 23.7. The van der Waals surface area contributed by atoms with E-state index in [2.05, 4.69) is 39.7 Å². The van der Waals surface area contributed by atoms with Crippen LogP contribution in [-0.2, 0) is 5.41 Å². The molecule has 5 rings (SSSR count). The largest absolute Gasteiger partial charge is 0.493 e. The third-order valence-electron chi connectivity index (χ3n) is 7.67. The molecule has 1 aromatic heterocycles. The lowest BCUT2D eigenvalue weighted by atomic mass is 9.65. The second kappa shape index (κ2) is 9.14. The number of aromatic nitrogens is 1. The van der Waals surface area contributed by atoms with Crippen LogP contribution in [-0.4, -0.2) is 55.8 Å². The molecule has 1 aliphatic heterocycles. The highest BCUT2D eigenvalue weighted by molar-refractivity contribution is 5.92. The maximum Gasteiger partial charge on any atom is 0.319 e. The van der Waals surface area contributed by atoms with Crippen LogP contribution in [0.15, 0.2) is 54.7 Å². The topological polar surface area (TPSA) is 75.7 Å². The van der Waals surface area contributed by atoms with Crippen molar-refractivity contribution in [1.29, 1.82) is 0 Å². The molecule has 34 heavy (non-hydrogen) atoms. The number of ether oxygens (including phenoxy) is 2. The first-order chi connectivity index (χ1) is 16.5. The average Bonchev–Trinajstić information content (AvgIpc) is 3.20. The minimum Gasteiger partial charge on any atom is -0.493 e. The van der Waals surface area contributed by atoms with Gasteiger partial charge in [0.2, 0.25) is 0 Å². The summed E-state index contributed by atoms with van der Waals surface area (Å²) in [6.45, 7) is 1.04. The van der Waals surface area contributed by atoms with Crippen molar-refractivity contribution in [2.24, 2.45) is 0 Å². The molecule has 2 aromatic carbocycles. The molecule has 2 fully saturated rings. The zero-order valence-electron chi connectivity index (χ0n) is 20.0. The van der Waals surface area contributed by atoms with E-state index in [1.54, 1.807) is 20.4 Å². The Morgan fingerprint density at radius 3 is 2.74 bits per heavy atom. The van der Waals surface area contributed by atoms with E-state index < -0.39 is 0 Å². The molecule has 1 aliphatic carbocycles. The van der Waals surface area contributed by atoms with Crippen molar-refractivity contribution in [3.8, 4) is 11.5 Å². The first-order valence-electron chi connectivity index (χ1n) is 11.9. The summed E-state index contributed by atoms with van der Waals surface area (Å²) < 4.78 is 11.0. The van der Waals surface area contributed by atoms with Crippen LogP contribution in [0.3, 0.4) is 0 Å². The fourth-order valence-corrected chi connectivity index (χ4v) is 5.89. The van der Waals surface area contributed by atoms with Gasteiger partial charge in [0.15, 0.2) is 11.5 Å². The van der Waals surface area contributed by atoms with Crippen molar-refractivity contribution < 1.29 is 14.3 Å². The minimum atomic E-state index is -0.179. The van der Waals surface area contributed by atoms with Gasteiger partial charge in [-0.3, -0.25) is 4.98 Å². The van der Waals surface area contributed by atoms with Crippen LogP contribution >= 0.6 is 0 Å². The van der Waals surface area contributed by atoms with E-state index >= 15 is 0 Å². The summed E-state index contributed by atoms with van der Waals surface area (Å²) in [4.78, 5) is 19.7. The summed E-state index contributed by atoms with van der Waals surface area (Å²) in [7, 11) is 5.54. The summed E-state index contributed by atoms with van der Waals surface area (Å²) in [6, 6.07) is 16.5. The second-order valence-corrected chi connectivity index (χ2v) is 9.46. The molecule has 7 heteroatoms. The van der Waals surface area contributed by atoms with E-state index in [1.807, 2.05) is 36.4 Å². The van der Waals surface area contributed by atoms with Crippen LogP contribution < -0.4 is 20.1 Å². The second-order valence-electron chi connectivity index (χ2n) is 9.46. The molecule has 178 valence electrons. The van der Waals surface area contributed by atoms with Gasteiger partial charge in [0.1, 0.15) is 0 Å². The quantitative estimate of drug-likeness (QED) is 0.584. The van der Waals surface area contributed by atoms with Crippen LogP contribution in [0, 0.1) is 0 Å². The summed E-state index contributed by atoms with van der Waals surface area (Å²) in [5.41, 5.74) is 2.97. The van der Waals surface area contributed by atoms with Gasteiger partial charge < -0.3 is 25.0 Å². The predicted molar refractivity (Wildman–Crippen MR) is 134 cm³/mol. The van der Waals surface area contributed by atoms with E-state index in [1.165, 1.54) is 5.56 Å². The number of pyridine rings is 1. The molecule has 0 spiro atoms. The first-order valence-corrected chi connectivity index (χ1v) is 11.9. The van der Waals surface area contributed by atoms with Gasteiger partial charge in [-0.05, 0) is 69.1 Å². The number of carbonyl (C=O) groups excluding carboxylic acids is 1. The number of methoxy groups -OCH3 is 2. The SMILES string of the molecule is COc1ccc([C@@]23CC[C@H](NC(=O)Nc4cnc5ccccc5c4)C[C@H]2N(C)CC3)cc1OC. The lowest BCUT2D eigenvalue weighted by Gasteiger charge is -2.45. The van der Waals surface area contributed by atoms with Gasteiger partial charge >= 0.3 is 6.03 Å². The summed E-state index contributed by atoms with van der Waals surface area (Å²) >= 11 is 0. The molecule has 0 unspecified atom stereocenters. The first kappa shape index (κ1) is 22.5. The van der Waals surface area contributed by atoms with E-state index in [4.69, 9.17) is 9.47 Å². The highest BCUT2D eigenvalue weighted by atomic mass is 16.5. The summed E-state index contributed by atoms with van der Waals surface area (Å²) in [5, 5.41) is 7.18. The number of fused-ring (bicyclic) bond motifs is 2. The molecule has 0 radical (unpaired) electrons. The molecule has 7 nitrogen and oxygen atoms in total. The predicted octanol–water partition coefficient (Wildman–Crippen LogP) is 4.57. The number of rotatable bonds is 5. The molecular formula is C27H32N4O3. The number of para-hydroxylation sites is 1. The molecule has 0 bridgehead atoms. The number of nitrogens with zero attached hydrogens (tertiary/aromatic N) is 2. The Hall–Kier alpha value is -3.32. The molecule has 3 atom stereocenters. The van der Waals surface area contributed by atoms with Crippen molar-refractivity contribution in [1.82, 2.24) is 15.2 Å². The molecule has 2 heterocycles. The number of likely N-dealkylation sites (tertiary alicyclic amines) is 1. The number of benzene rings is 2. The Morgan fingerprint density at radius 2 is 1.91 bits per heavy atom. The molecular weight excluding hydrogens is 428 g/mol. The minimum absolute atomic E-state index is 0.0607. The van der Waals surface area contributed by atoms with Gasteiger partial charge in [0.05, 0.1) is 31.6 Å². The number of hydrogen-bond acceptors (Lipinski definition) is 5. The summed E-state index contributed by atoms with van der Waals surface area (Å²) in [6.07, 6.45) is 5.66. The molecule has 1 saturated carbocycles. The zero-order valence-corrected chi connectivity index (χ0v) is 20.0. The number of urea groups is 1. The van der Waals surface area contributed by atoms with Gasteiger partial charge in [-0.1, -0.05) is 24.3 Å². The van der Waals surface area contributed by atoms with Crippen molar-refractivity contribution in [3.05, 3.63) is 60.3 Å². The Labute approximate surface area is 200 Å². The number of anilines is 1. The van der Waals surface area contributed by atoms with Crippen LogP contribution in [0.4, 0.5) is 10.5 Å². The number of nitrogens with one attached hydrogen (secondary N) is 2. The van der Waals surface area contributed by atoms with Crippen molar-refractivity contribution >= 4 is 22.6 Å². The fraction of sp³-hybridized carbons (Fsp3) is 0.407. The standard InChI is InChI=1S/C27H32N4O3/c1-31-13-12-27(19-8-9-23(33-2)24(15-19)34-3)11-10-20(16-25(27)31)29-26(32)30-21-14-18-6-4-5-7-22(18)28-17-21/h4-9,14-15,17,20,25H,10-13,16H2,1-3H3,(H2,29,30,32)/t20-,25+,27-/m0/s1. The Kier molecular flexibility index (Phi) is 6.04. The molecule has 1 saturated heterocycles. The van der Waals surface area contributed by atoms with Gasteiger partial charge in [-0.25, -0.2) is 4.79 Å². The Bertz CT molecular complexity index is 1200. The normalized spacial score (nSPS) is 24.4. The number of amides is 2. The molecule has 3 aromatic rings. The lowest BCUT2D eigenvalue weighted by molar-refractivity contribution is 0.156. The molecule has 2 amide bonds. The van der Waals surface area contributed by atoms with Crippen LogP contribution in [0.25, 0.3) is 10.9 Å². The van der Waals surface area contributed by atoms with Gasteiger partial charge in [0.25, 0.3) is 0 Å². The Morgan fingerprint density at radius 1 is 1.09 bits per heavy atom. The van der Waals surface area contributed by atoms with Crippen molar-refractivity contribution in [3.63, 3.8) is 0 Å². The third kappa shape index (κ3) is 4.05. The van der Waals surface area contributed by atoms with Crippen LogP contribution in [0.2, 0.25) is 0 Å². The van der Waals surface area contributed by atoms with E-state index in [9.17, 15) is 4.79 Å². The van der Waals surface area contributed by atoms with Gasteiger partial charge in [-0.15, -0.1) is 0 Å². The molecule has 2 aliphatic rings. The van der Waals surface area contributed by atoms with Crippen LogP contribution in [0.5, 0.6) is 11.5 Å².